The van der Waals surface area contributed by atoms with Crippen molar-refractivity contribution in [3.05, 3.63) is 40.5 Å². The predicted molar refractivity (Wildman–Crippen MR) is 85.4 cm³/mol. The van der Waals surface area contributed by atoms with Crippen molar-refractivity contribution in [3.63, 3.8) is 0 Å². The SMILES string of the molecule is N#C/C(=C/NCCCCCO)C(=O)Nc1ccc(Br)cc1. The summed E-state index contributed by atoms with van der Waals surface area (Å²) in [6.07, 6.45) is 3.97. The van der Waals surface area contributed by atoms with Crippen LogP contribution in [0.15, 0.2) is 40.5 Å². The Kier molecular flexibility index (Phi) is 8.17. The smallest absolute Gasteiger partial charge is 0.267 e. The maximum Gasteiger partial charge on any atom is 0.267 e. The molecule has 0 aromatic heterocycles. The molecule has 1 amide bonds. The van der Waals surface area contributed by atoms with Crippen LogP contribution in [0.1, 0.15) is 19.3 Å². The van der Waals surface area contributed by atoms with E-state index < -0.39 is 5.91 Å². The molecule has 0 saturated carbocycles. The molecule has 0 saturated heterocycles. The number of amides is 1. The summed E-state index contributed by atoms with van der Waals surface area (Å²) in [7, 11) is 0. The molecule has 1 aromatic carbocycles. The Bertz CT molecular complexity index is 521. The number of hydrogen-bond acceptors (Lipinski definition) is 4. The average molecular weight is 352 g/mol. The van der Waals surface area contributed by atoms with E-state index in [2.05, 4.69) is 26.6 Å². The summed E-state index contributed by atoms with van der Waals surface area (Å²) in [6, 6.07) is 8.99. The zero-order valence-corrected chi connectivity index (χ0v) is 13.2. The van der Waals surface area contributed by atoms with E-state index in [4.69, 9.17) is 10.4 Å². The van der Waals surface area contributed by atoms with Gasteiger partial charge in [-0.15, -0.1) is 0 Å². The average Bonchev–Trinajstić information content (AvgIpc) is 2.49. The van der Waals surface area contributed by atoms with Gasteiger partial charge in [-0.1, -0.05) is 15.9 Å². The summed E-state index contributed by atoms with van der Waals surface area (Å²) < 4.78 is 0.918. The first-order valence-electron chi connectivity index (χ1n) is 6.69. The van der Waals surface area contributed by atoms with Crippen LogP contribution in [0, 0.1) is 11.3 Å². The molecule has 0 atom stereocenters. The highest BCUT2D eigenvalue weighted by Gasteiger charge is 2.08. The third-order valence-corrected chi connectivity index (χ3v) is 3.22. The molecule has 0 fully saturated rings. The van der Waals surface area contributed by atoms with Gasteiger partial charge in [0.25, 0.3) is 5.91 Å². The number of benzene rings is 1. The van der Waals surface area contributed by atoms with E-state index in [0.29, 0.717) is 12.2 Å². The zero-order chi connectivity index (χ0) is 15.5. The first kappa shape index (κ1) is 17.2. The number of rotatable bonds is 8. The van der Waals surface area contributed by atoms with E-state index in [-0.39, 0.29) is 12.2 Å². The second-order valence-electron chi connectivity index (χ2n) is 4.37. The lowest BCUT2D eigenvalue weighted by Crippen LogP contribution is -2.17. The highest BCUT2D eigenvalue weighted by atomic mass is 79.9. The third-order valence-electron chi connectivity index (χ3n) is 2.69. The van der Waals surface area contributed by atoms with E-state index in [1.807, 2.05) is 18.2 Å². The molecule has 0 bridgehead atoms. The van der Waals surface area contributed by atoms with Crippen LogP contribution in [-0.2, 0) is 4.79 Å². The molecule has 0 aliphatic rings. The van der Waals surface area contributed by atoms with Gasteiger partial charge in [0.1, 0.15) is 11.6 Å². The van der Waals surface area contributed by atoms with Gasteiger partial charge in [0.15, 0.2) is 0 Å². The number of nitrogens with one attached hydrogen (secondary N) is 2. The summed E-state index contributed by atoms with van der Waals surface area (Å²) in [5.41, 5.74) is 0.660. The van der Waals surface area contributed by atoms with Crippen molar-refractivity contribution < 1.29 is 9.90 Å². The topological polar surface area (TPSA) is 85.2 Å². The van der Waals surface area contributed by atoms with Crippen LogP contribution in [0.3, 0.4) is 0 Å². The Labute approximate surface area is 132 Å². The molecule has 1 rings (SSSR count). The summed E-state index contributed by atoms with van der Waals surface area (Å²) in [6.45, 7) is 0.853. The monoisotopic (exact) mass is 351 g/mol. The van der Waals surface area contributed by atoms with E-state index in [9.17, 15) is 4.79 Å². The van der Waals surface area contributed by atoms with Crippen LogP contribution in [-0.4, -0.2) is 24.2 Å². The number of carbonyl (C=O) groups excluding carboxylic acids is 1. The first-order chi connectivity index (χ1) is 10.2. The number of unbranched alkanes of at least 4 members (excludes halogenated alkanes) is 2. The molecule has 0 aliphatic heterocycles. The fraction of sp³-hybridized carbons (Fsp3) is 0.333. The summed E-state index contributed by atoms with van der Waals surface area (Å²) in [4.78, 5) is 11.9. The summed E-state index contributed by atoms with van der Waals surface area (Å²) in [5.74, 6) is -0.442. The van der Waals surface area contributed by atoms with Gasteiger partial charge < -0.3 is 15.7 Å². The fourth-order valence-electron chi connectivity index (χ4n) is 1.57. The van der Waals surface area contributed by atoms with Crippen LogP contribution in [0.2, 0.25) is 0 Å². The summed E-state index contributed by atoms with van der Waals surface area (Å²) >= 11 is 3.31. The van der Waals surface area contributed by atoms with E-state index in [1.54, 1.807) is 12.1 Å². The maximum absolute atomic E-state index is 11.9. The van der Waals surface area contributed by atoms with Crippen molar-refractivity contribution in [2.75, 3.05) is 18.5 Å². The van der Waals surface area contributed by atoms with Crippen LogP contribution < -0.4 is 10.6 Å². The van der Waals surface area contributed by atoms with Gasteiger partial charge >= 0.3 is 0 Å². The number of nitrogens with zero attached hydrogens (tertiary/aromatic N) is 1. The van der Waals surface area contributed by atoms with Crippen molar-refractivity contribution in [3.8, 4) is 6.07 Å². The Balaban J connectivity index is 2.45. The molecule has 0 aliphatic carbocycles. The molecular formula is C15H18BrN3O2. The highest BCUT2D eigenvalue weighted by Crippen LogP contribution is 2.14. The molecule has 21 heavy (non-hydrogen) atoms. The Morgan fingerprint density at radius 2 is 2.00 bits per heavy atom. The number of nitriles is 1. The fourth-order valence-corrected chi connectivity index (χ4v) is 1.83. The van der Waals surface area contributed by atoms with Crippen LogP contribution in [0.5, 0.6) is 0 Å². The van der Waals surface area contributed by atoms with Crippen LogP contribution >= 0.6 is 15.9 Å². The van der Waals surface area contributed by atoms with Crippen molar-refractivity contribution >= 4 is 27.5 Å². The van der Waals surface area contributed by atoms with Gasteiger partial charge in [-0.25, -0.2) is 0 Å². The van der Waals surface area contributed by atoms with Crippen molar-refractivity contribution in [2.45, 2.75) is 19.3 Å². The highest BCUT2D eigenvalue weighted by molar-refractivity contribution is 9.10. The largest absolute Gasteiger partial charge is 0.396 e. The Hall–Kier alpha value is -1.84. The number of hydrogen-bond donors (Lipinski definition) is 3. The molecule has 0 radical (unpaired) electrons. The van der Waals surface area contributed by atoms with E-state index >= 15 is 0 Å². The molecular weight excluding hydrogens is 334 g/mol. The minimum absolute atomic E-state index is 0.0278. The second-order valence-corrected chi connectivity index (χ2v) is 5.28. The predicted octanol–water partition coefficient (Wildman–Crippen LogP) is 2.55. The van der Waals surface area contributed by atoms with Gasteiger partial charge in [-0.05, 0) is 43.5 Å². The van der Waals surface area contributed by atoms with Crippen molar-refractivity contribution in [2.24, 2.45) is 0 Å². The molecule has 5 nitrogen and oxygen atoms in total. The van der Waals surface area contributed by atoms with E-state index in [1.165, 1.54) is 6.20 Å². The van der Waals surface area contributed by atoms with Gasteiger partial charge in [-0.3, -0.25) is 4.79 Å². The minimum Gasteiger partial charge on any atom is -0.396 e. The minimum atomic E-state index is -0.442. The van der Waals surface area contributed by atoms with Gasteiger partial charge in [0, 0.05) is 29.5 Å². The van der Waals surface area contributed by atoms with Gasteiger partial charge in [0.2, 0.25) is 0 Å². The van der Waals surface area contributed by atoms with Gasteiger partial charge in [0.05, 0.1) is 0 Å². The standard InChI is InChI=1S/C15H18BrN3O2/c16-13-4-6-14(7-5-13)19-15(21)12(10-17)11-18-8-2-1-3-9-20/h4-7,11,18,20H,1-3,8-9H2,(H,19,21)/b12-11-. The molecule has 1 aromatic rings. The van der Waals surface area contributed by atoms with Crippen molar-refractivity contribution in [1.29, 1.82) is 5.26 Å². The maximum atomic E-state index is 11.9. The molecule has 3 N–H and O–H groups in total. The lowest BCUT2D eigenvalue weighted by atomic mass is 10.2. The number of halogens is 1. The lowest BCUT2D eigenvalue weighted by Gasteiger charge is -2.05. The van der Waals surface area contributed by atoms with Gasteiger partial charge in [-0.2, -0.15) is 5.26 Å². The third kappa shape index (κ3) is 6.93. The second kappa shape index (κ2) is 9.97. The molecule has 112 valence electrons. The Morgan fingerprint density at radius 1 is 1.29 bits per heavy atom. The van der Waals surface area contributed by atoms with E-state index in [0.717, 1.165) is 23.7 Å². The molecule has 0 unspecified atom stereocenters. The number of aliphatic hydroxyl groups excluding tert-OH is 1. The number of anilines is 1. The Morgan fingerprint density at radius 3 is 2.62 bits per heavy atom. The first-order valence-corrected chi connectivity index (χ1v) is 7.48. The zero-order valence-electron chi connectivity index (χ0n) is 11.6. The molecule has 6 heteroatoms. The quantitative estimate of drug-likeness (QED) is 0.381. The summed E-state index contributed by atoms with van der Waals surface area (Å²) in [5, 5.41) is 23.2. The van der Waals surface area contributed by atoms with Crippen LogP contribution in [0.4, 0.5) is 5.69 Å². The van der Waals surface area contributed by atoms with Crippen molar-refractivity contribution in [1.82, 2.24) is 5.32 Å². The lowest BCUT2D eigenvalue weighted by molar-refractivity contribution is -0.112. The molecule has 0 heterocycles. The molecule has 0 spiro atoms. The van der Waals surface area contributed by atoms with Crippen LogP contribution in [0.25, 0.3) is 0 Å². The number of carbonyl (C=O) groups is 1. The number of aliphatic hydroxyl groups is 1. The normalized spacial score (nSPS) is 10.8.